The van der Waals surface area contributed by atoms with Gasteiger partial charge in [-0.3, -0.25) is 14.4 Å². The molecule has 0 radical (unpaired) electrons. The van der Waals surface area contributed by atoms with Gasteiger partial charge in [-0.25, -0.2) is 4.39 Å². The van der Waals surface area contributed by atoms with Crippen molar-refractivity contribution in [1.29, 1.82) is 0 Å². The number of nitrogens with one attached hydrogen (secondary N) is 1. The van der Waals surface area contributed by atoms with Crippen LogP contribution >= 0.6 is 11.6 Å². The number of amides is 2. The smallest absolute Gasteiger partial charge is 0.258 e. The number of hydrogen-bond acceptors (Lipinski definition) is 5. The Morgan fingerprint density at radius 1 is 0.830 bits per heavy atom. The zero-order chi connectivity index (χ0) is 32.9. The molecule has 0 unspecified atom stereocenters. The number of nitrogens with zero attached hydrogens (tertiary/aromatic N) is 1. The number of carbonyl (C=O) groups excluding carboxylic acids is 3. The molecule has 0 atom stereocenters. The quantitative estimate of drug-likeness (QED) is 0.150. The Morgan fingerprint density at radius 2 is 1.60 bits per heavy atom. The van der Waals surface area contributed by atoms with E-state index >= 15 is 0 Å². The number of nitrogens with two attached hydrogens (primary N) is 1. The van der Waals surface area contributed by atoms with E-state index in [-0.39, 0.29) is 43.5 Å². The van der Waals surface area contributed by atoms with Crippen LogP contribution in [0.15, 0.2) is 109 Å². The number of hydrogen-bond donors (Lipinski definition) is 2. The molecule has 0 bridgehead atoms. The molecule has 0 aromatic heterocycles. The fourth-order valence-corrected chi connectivity index (χ4v) is 5.79. The highest BCUT2D eigenvalue weighted by Crippen LogP contribution is 2.39. The predicted molar refractivity (Wildman–Crippen MR) is 180 cm³/mol. The van der Waals surface area contributed by atoms with E-state index in [0.29, 0.717) is 51.0 Å². The van der Waals surface area contributed by atoms with Crippen LogP contribution in [0.1, 0.15) is 50.2 Å². The fraction of sp³-hybridized carbons (Fsp3) is 0.132. The summed E-state index contributed by atoms with van der Waals surface area (Å²) >= 11 is 6.39. The molecule has 9 heteroatoms. The van der Waals surface area contributed by atoms with Gasteiger partial charge in [0.1, 0.15) is 11.6 Å². The van der Waals surface area contributed by atoms with Gasteiger partial charge in [0.2, 0.25) is 5.91 Å². The Hall–Kier alpha value is -5.31. The van der Waals surface area contributed by atoms with E-state index in [4.69, 9.17) is 22.1 Å². The number of rotatable bonds is 11. The molecule has 7 nitrogen and oxygen atoms in total. The molecule has 6 rings (SSSR count). The molecule has 0 saturated heterocycles. The largest absolute Gasteiger partial charge is 0.455 e. The SMILES string of the molecule is NCc1cccc(Oc2cc(Cl)ccc2N(CCCC(=O)NCc2ccccc2F)C(=O)c2ccc3c(c2)C(=O)c2ccccc2-3)c1. The second kappa shape index (κ2) is 14.0. The van der Waals surface area contributed by atoms with Crippen molar-refractivity contribution in [2.75, 3.05) is 11.4 Å². The van der Waals surface area contributed by atoms with Crippen LogP contribution in [-0.4, -0.2) is 24.1 Å². The summed E-state index contributed by atoms with van der Waals surface area (Å²) in [5.41, 5.74) is 10.5. The first-order valence-electron chi connectivity index (χ1n) is 15.2. The third-order valence-electron chi connectivity index (χ3n) is 8.01. The molecule has 0 saturated carbocycles. The molecule has 3 N–H and O–H groups in total. The minimum atomic E-state index is -0.396. The molecule has 0 spiro atoms. The number of halogens is 2. The van der Waals surface area contributed by atoms with Crippen LogP contribution in [0.5, 0.6) is 11.5 Å². The van der Waals surface area contributed by atoms with E-state index in [9.17, 15) is 18.8 Å². The Balaban J connectivity index is 1.28. The van der Waals surface area contributed by atoms with Gasteiger partial charge >= 0.3 is 0 Å². The molecule has 236 valence electrons. The van der Waals surface area contributed by atoms with Gasteiger partial charge in [0.15, 0.2) is 11.5 Å². The lowest BCUT2D eigenvalue weighted by atomic mass is 10.0. The zero-order valence-corrected chi connectivity index (χ0v) is 26.1. The lowest BCUT2D eigenvalue weighted by Gasteiger charge is -2.26. The highest BCUT2D eigenvalue weighted by molar-refractivity contribution is 6.31. The zero-order valence-electron chi connectivity index (χ0n) is 25.3. The first-order valence-corrected chi connectivity index (χ1v) is 15.6. The molecule has 0 fully saturated rings. The Kier molecular flexibility index (Phi) is 9.42. The molecule has 2 amide bonds. The minimum absolute atomic E-state index is 0.0523. The van der Waals surface area contributed by atoms with Crippen molar-refractivity contribution in [3.05, 3.63) is 148 Å². The Morgan fingerprint density at radius 3 is 2.40 bits per heavy atom. The predicted octanol–water partition coefficient (Wildman–Crippen LogP) is 7.68. The van der Waals surface area contributed by atoms with Crippen molar-refractivity contribution < 1.29 is 23.5 Å². The van der Waals surface area contributed by atoms with E-state index in [1.165, 1.54) is 11.0 Å². The molecule has 1 aliphatic rings. The molecule has 0 aliphatic heterocycles. The maximum Gasteiger partial charge on any atom is 0.258 e. The molecule has 5 aromatic rings. The summed E-state index contributed by atoms with van der Waals surface area (Å²) in [7, 11) is 0. The van der Waals surface area contributed by atoms with E-state index in [1.54, 1.807) is 72.8 Å². The summed E-state index contributed by atoms with van der Waals surface area (Å²) in [6.45, 7) is 0.513. The third-order valence-corrected chi connectivity index (χ3v) is 8.25. The first-order chi connectivity index (χ1) is 22.8. The summed E-state index contributed by atoms with van der Waals surface area (Å²) in [4.78, 5) is 41.8. The summed E-state index contributed by atoms with van der Waals surface area (Å²) in [6.07, 6.45) is 0.368. The minimum Gasteiger partial charge on any atom is -0.455 e. The van der Waals surface area contributed by atoms with E-state index in [2.05, 4.69) is 5.32 Å². The summed E-state index contributed by atoms with van der Waals surface area (Å²) in [5.74, 6) is -0.365. The summed E-state index contributed by atoms with van der Waals surface area (Å²) < 4.78 is 20.3. The van der Waals surface area contributed by atoms with Gasteiger partial charge in [0.25, 0.3) is 5.91 Å². The standard InChI is InChI=1S/C38H31ClFN3O4/c39-27-15-17-34(35(21-27)47-28-9-5-7-24(19-28)22-41)43(18-6-13-36(44)42-23-26-8-1-4-12-33(26)40)38(46)25-14-16-30-29-10-2-3-11-31(29)37(45)32(30)20-25/h1-5,7-12,14-17,19-21H,6,13,18,22-23,41H2,(H,42,44). The van der Waals surface area contributed by atoms with Gasteiger partial charge in [-0.05, 0) is 65.6 Å². The van der Waals surface area contributed by atoms with E-state index in [0.717, 1.165) is 16.7 Å². The van der Waals surface area contributed by atoms with Gasteiger partial charge in [-0.15, -0.1) is 0 Å². The third kappa shape index (κ3) is 6.94. The van der Waals surface area contributed by atoms with Crippen LogP contribution in [-0.2, 0) is 17.9 Å². The molecular formula is C38H31ClFN3O4. The fourth-order valence-electron chi connectivity index (χ4n) is 5.63. The molecule has 47 heavy (non-hydrogen) atoms. The average Bonchev–Trinajstić information content (AvgIpc) is 3.37. The number of ketones is 1. The van der Waals surface area contributed by atoms with Crippen LogP contribution < -0.4 is 20.7 Å². The van der Waals surface area contributed by atoms with Gasteiger partial charge in [0, 0.05) is 59.4 Å². The van der Waals surface area contributed by atoms with Crippen LogP contribution in [0, 0.1) is 5.82 Å². The van der Waals surface area contributed by atoms with E-state index < -0.39 is 5.82 Å². The van der Waals surface area contributed by atoms with Gasteiger partial charge in [-0.1, -0.05) is 72.3 Å². The van der Waals surface area contributed by atoms with Crippen molar-refractivity contribution in [2.45, 2.75) is 25.9 Å². The molecular weight excluding hydrogens is 617 g/mol. The van der Waals surface area contributed by atoms with Gasteiger partial charge < -0.3 is 20.7 Å². The summed E-state index contributed by atoms with van der Waals surface area (Å²) in [6, 6.07) is 31.0. The van der Waals surface area contributed by atoms with Crippen LogP contribution in [0.3, 0.4) is 0 Å². The average molecular weight is 648 g/mol. The Bertz CT molecular complexity index is 2000. The van der Waals surface area contributed by atoms with Crippen molar-refractivity contribution in [1.82, 2.24) is 5.32 Å². The second-order valence-corrected chi connectivity index (χ2v) is 11.6. The maximum absolute atomic E-state index is 14.3. The van der Waals surface area contributed by atoms with E-state index in [1.807, 2.05) is 30.3 Å². The highest BCUT2D eigenvalue weighted by Gasteiger charge is 2.29. The number of fused-ring (bicyclic) bond motifs is 3. The van der Waals surface area contributed by atoms with Gasteiger partial charge in [-0.2, -0.15) is 0 Å². The van der Waals surface area contributed by atoms with Crippen LogP contribution in [0.4, 0.5) is 10.1 Å². The van der Waals surface area contributed by atoms with Crippen LogP contribution in [0.25, 0.3) is 11.1 Å². The molecule has 1 aliphatic carbocycles. The summed E-state index contributed by atoms with van der Waals surface area (Å²) in [5, 5.41) is 3.15. The van der Waals surface area contributed by atoms with Crippen molar-refractivity contribution >= 4 is 34.9 Å². The number of benzene rings is 5. The highest BCUT2D eigenvalue weighted by atomic mass is 35.5. The number of anilines is 1. The van der Waals surface area contributed by atoms with Crippen LogP contribution in [0.2, 0.25) is 5.02 Å². The lowest BCUT2D eigenvalue weighted by Crippen LogP contribution is -2.33. The second-order valence-electron chi connectivity index (χ2n) is 11.1. The Labute approximate surface area is 276 Å². The lowest BCUT2D eigenvalue weighted by molar-refractivity contribution is -0.121. The normalized spacial score (nSPS) is 11.5. The topological polar surface area (TPSA) is 102 Å². The van der Waals surface area contributed by atoms with Crippen molar-refractivity contribution in [3.63, 3.8) is 0 Å². The van der Waals surface area contributed by atoms with Crippen molar-refractivity contribution in [2.24, 2.45) is 5.73 Å². The number of carbonyl (C=O) groups is 3. The maximum atomic E-state index is 14.3. The number of ether oxygens (including phenoxy) is 1. The monoisotopic (exact) mass is 647 g/mol. The molecule has 5 aromatic carbocycles. The molecule has 0 heterocycles. The van der Waals surface area contributed by atoms with Gasteiger partial charge in [0.05, 0.1) is 5.69 Å². The van der Waals surface area contributed by atoms with Crippen molar-refractivity contribution in [3.8, 4) is 22.6 Å². The first kappa shape index (κ1) is 31.7.